The van der Waals surface area contributed by atoms with Crippen molar-refractivity contribution in [1.82, 2.24) is 4.98 Å². The number of halogens is 1. The Morgan fingerprint density at radius 1 is 1.12 bits per heavy atom. The average molecular weight is 236 g/mol. The van der Waals surface area contributed by atoms with Crippen molar-refractivity contribution in [2.24, 2.45) is 0 Å². The van der Waals surface area contributed by atoms with Crippen molar-refractivity contribution in [3.8, 4) is 5.88 Å². The smallest absolute Gasteiger partial charge is 0.221 e. The molecule has 0 unspecified atom stereocenters. The van der Waals surface area contributed by atoms with Crippen molar-refractivity contribution in [2.45, 2.75) is 26.4 Å². The SMILES string of the molecule is CC(C)(C)Oc1nccc2c(Cl)cccc12. The zero-order valence-electron chi connectivity index (χ0n) is 9.62. The van der Waals surface area contributed by atoms with Gasteiger partial charge in [0.25, 0.3) is 0 Å². The highest BCUT2D eigenvalue weighted by molar-refractivity contribution is 6.35. The molecule has 1 heterocycles. The molecule has 0 amide bonds. The molecule has 3 heteroatoms. The monoisotopic (exact) mass is 235 g/mol. The van der Waals surface area contributed by atoms with Gasteiger partial charge in [-0.25, -0.2) is 4.98 Å². The van der Waals surface area contributed by atoms with Crippen LogP contribution >= 0.6 is 11.6 Å². The number of fused-ring (bicyclic) bond motifs is 1. The summed E-state index contributed by atoms with van der Waals surface area (Å²) < 4.78 is 5.80. The number of hydrogen-bond acceptors (Lipinski definition) is 2. The quantitative estimate of drug-likeness (QED) is 0.744. The number of benzene rings is 1. The summed E-state index contributed by atoms with van der Waals surface area (Å²) in [4.78, 5) is 4.25. The minimum Gasteiger partial charge on any atom is -0.471 e. The van der Waals surface area contributed by atoms with Gasteiger partial charge in [0.1, 0.15) is 5.60 Å². The zero-order chi connectivity index (χ0) is 11.8. The van der Waals surface area contributed by atoms with Crippen molar-refractivity contribution in [3.05, 3.63) is 35.5 Å². The first-order valence-electron chi connectivity index (χ1n) is 5.20. The van der Waals surface area contributed by atoms with Crippen molar-refractivity contribution >= 4 is 22.4 Å². The molecule has 0 saturated heterocycles. The Morgan fingerprint density at radius 2 is 1.88 bits per heavy atom. The first-order valence-corrected chi connectivity index (χ1v) is 5.57. The summed E-state index contributed by atoms with van der Waals surface area (Å²) in [7, 11) is 0. The zero-order valence-corrected chi connectivity index (χ0v) is 10.4. The van der Waals surface area contributed by atoms with Crippen molar-refractivity contribution in [2.75, 3.05) is 0 Å². The number of aromatic nitrogens is 1. The Kier molecular flexibility index (Phi) is 2.76. The molecule has 2 nitrogen and oxygen atoms in total. The van der Waals surface area contributed by atoms with Crippen LogP contribution in [0.1, 0.15) is 20.8 Å². The standard InChI is InChI=1S/C13H14ClNO/c1-13(2,3)16-12-10-5-4-6-11(14)9(10)7-8-15-12/h4-8H,1-3H3. The molecule has 0 saturated carbocycles. The van der Waals surface area contributed by atoms with Gasteiger partial charge in [-0.05, 0) is 39.0 Å². The molecule has 1 aromatic heterocycles. The molecule has 0 radical (unpaired) electrons. The number of hydrogen-bond donors (Lipinski definition) is 0. The van der Waals surface area contributed by atoms with E-state index in [0.717, 1.165) is 15.8 Å². The second-order valence-corrected chi connectivity index (χ2v) is 5.07. The molecule has 2 rings (SSSR count). The molecule has 0 fully saturated rings. The topological polar surface area (TPSA) is 22.1 Å². The van der Waals surface area contributed by atoms with Gasteiger partial charge < -0.3 is 4.74 Å². The van der Waals surface area contributed by atoms with Gasteiger partial charge in [-0.3, -0.25) is 0 Å². The summed E-state index contributed by atoms with van der Waals surface area (Å²) in [6, 6.07) is 7.63. The average Bonchev–Trinajstić information content (AvgIpc) is 2.17. The normalized spacial score (nSPS) is 11.8. The van der Waals surface area contributed by atoms with E-state index in [1.165, 1.54) is 0 Å². The molecule has 16 heavy (non-hydrogen) atoms. The Morgan fingerprint density at radius 3 is 2.56 bits per heavy atom. The summed E-state index contributed by atoms with van der Waals surface area (Å²) in [6.07, 6.45) is 1.72. The summed E-state index contributed by atoms with van der Waals surface area (Å²) in [5, 5.41) is 2.64. The lowest BCUT2D eigenvalue weighted by atomic mass is 10.1. The van der Waals surface area contributed by atoms with Gasteiger partial charge in [-0.2, -0.15) is 0 Å². The fraction of sp³-hybridized carbons (Fsp3) is 0.308. The van der Waals surface area contributed by atoms with E-state index >= 15 is 0 Å². The Hall–Kier alpha value is -1.28. The second-order valence-electron chi connectivity index (χ2n) is 4.67. The first-order chi connectivity index (χ1) is 7.47. The molecular weight excluding hydrogens is 222 g/mol. The third-order valence-electron chi connectivity index (χ3n) is 2.12. The number of rotatable bonds is 1. The molecule has 0 aliphatic rings. The van der Waals surface area contributed by atoms with Crippen LogP contribution in [0.3, 0.4) is 0 Å². The summed E-state index contributed by atoms with van der Waals surface area (Å²) >= 11 is 6.12. The van der Waals surface area contributed by atoms with E-state index in [0.29, 0.717) is 5.88 Å². The first kappa shape index (κ1) is 11.2. The number of ether oxygens (including phenoxy) is 1. The Labute approximate surface area is 100 Å². The van der Waals surface area contributed by atoms with Crippen molar-refractivity contribution in [3.63, 3.8) is 0 Å². The van der Waals surface area contributed by atoms with Crippen LogP contribution < -0.4 is 4.74 Å². The predicted octanol–water partition coefficient (Wildman–Crippen LogP) is 4.07. The Bertz CT molecular complexity index is 517. The number of nitrogens with zero attached hydrogens (tertiary/aromatic N) is 1. The molecule has 84 valence electrons. The molecule has 0 aliphatic carbocycles. The van der Waals surface area contributed by atoms with E-state index in [1.54, 1.807) is 6.20 Å². The summed E-state index contributed by atoms with van der Waals surface area (Å²) in [6.45, 7) is 5.99. The minimum absolute atomic E-state index is 0.260. The lowest BCUT2D eigenvalue weighted by Gasteiger charge is -2.21. The molecule has 0 aliphatic heterocycles. The fourth-order valence-corrected chi connectivity index (χ4v) is 1.75. The van der Waals surface area contributed by atoms with Crippen LogP contribution in [0.5, 0.6) is 5.88 Å². The third-order valence-corrected chi connectivity index (χ3v) is 2.45. The Balaban J connectivity index is 2.58. The van der Waals surface area contributed by atoms with Gasteiger partial charge in [0, 0.05) is 22.0 Å². The van der Waals surface area contributed by atoms with Crippen LogP contribution in [0.25, 0.3) is 10.8 Å². The van der Waals surface area contributed by atoms with Crippen LogP contribution in [-0.2, 0) is 0 Å². The highest BCUT2D eigenvalue weighted by atomic mass is 35.5. The van der Waals surface area contributed by atoms with E-state index in [4.69, 9.17) is 16.3 Å². The number of pyridine rings is 1. The lowest BCUT2D eigenvalue weighted by Crippen LogP contribution is -2.23. The molecule has 1 aromatic carbocycles. The van der Waals surface area contributed by atoms with Crippen LogP contribution in [0.2, 0.25) is 5.02 Å². The van der Waals surface area contributed by atoms with Crippen molar-refractivity contribution < 1.29 is 4.74 Å². The maximum Gasteiger partial charge on any atom is 0.221 e. The van der Waals surface area contributed by atoms with Gasteiger partial charge in [0.2, 0.25) is 5.88 Å². The second kappa shape index (κ2) is 3.95. The predicted molar refractivity (Wildman–Crippen MR) is 67.1 cm³/mol. The molecular formula is C13H14ClNO. The van der Waals surface area contributed by atoms with Crippen molar-refractivity contribution in [1.29, 1.82) is 0 Å². The van der Waals surface area contributed by atoms with Crippen LogP contribution in [0.4, 0.5) is 0 Å². The molecule has 0 bridgehead atoms. The molecule has 0 N–H and O–H groups in total. The highest BCUT2D eigenvalue weighted by Crippen LogP contribution is 2.30. The van der Waals surface area contributed by atoms with Gasteiger partial charge in [0.05, 0.1) is 0 Å². The van der Waals surface area contributed by atoms with Crippen LogP contribution in [0, 0.1) is 0 Å². The largest absolute Gasteiger partial charge is 0.471 e. The molecule has 2 aromatic rings. The van der Waals surface area contributed by atoms with Crippen LogP contribution in [-0.4, -0.2) is 10.6 Å². The van der Waals surface area contributed by atoms with E-state index in [1.807, 2.05) is 45.0 Å². The van der Waals surface area contributed by atoms with Crippen LogP contribution in [0.15, 0.2) is 30.5 Å². The van der Waals surface area contributed by atoms with Gasteiger partial charge >= 0.3 is 0 Å². The summed E-state index contributed by atoms with van der Waals surface area (Å²) in [5.41, 5.74) is -0.260. The maximum absolute atomic E-state index is 6.12. The minimum atomic E-state index is -0.260. The van der Waals surface area contributed by atoms with Gasteiger partial charge in [-0.15, -0.1) is 0 Å². The molecule has 0 spiro atoms. The van der Waals surface area contributed by atoms with E-state index in [2.05, 4.69) is 4.98 Å². The van der Waals surface area contributed by atoms with Gasteiger partial charge in [-0.1, -0.05) is 17.7 Å². The maximum atomic E-state index is 6.12. The van der Waals surface area contributed by atoms with E-state index in [-0.39, 0.29) is 5.60 Å². The summed E-state index contributed by atoms with van der Waals surface area (Å²) in [5.74, 6) is 0.632. The van der Waals surface area contributed by atoms with Gasteiger partial charge in [0.15, 0.2) is 0 Å². The molecule has 0 atom stereocenters. The van der Waals surface area contributed by atoms with E-state index < -0.39 is 0 Å². The lowest BCUT2D eigenvalue weighted by molar-refractivity contribution is 0.126. The third kappa shape index (κ3) is 2.27. The highest BCUT2D eigenvalue weighted by Gasteiger charge is 2.15. The fourth-order valence-electron chi connectivity index (χ4n) is 1.51. The van der Waals surface area contributed by atoms with E-state index in [9.17, 15) is 0 Å².